The van der Waals surface area contributed by atoms with Gasteiger partial charge in [0.1, 0.15) is 0 Å². The summed E-state index contributed by atoms with van der Waals surface area (Å²) < 4.78 is 11.2. The minimum atomic E-state index is -0.687. The number of benzene rings is 1. The Labute approximate surface area is 113 Å². The van der Waals surface area contributed by atoms with Crippen molar-refractivity contribution < 1.29 is 14.3 Å². The summed E-state index contributed by atoms with van der Waals surface area (Å²) in [5.74, 6) is 0.533. The van der Waals surface area contributed by atoms with Gasteiger partial charge in [0.15, 0.2) is 5.78 Å². The minimum Gasteiger partial charge on any atom is -0.346 e. The van der Waals surface area contributed by atoms with Crippen LogP contribution in [0, 0.1) is 11.8 Å². The molecule has 3 nitrogen and oxygen atoms in total. The van der Waals surface area contributed by atoms with E-state index in [0.29, 0.717) is 19.1 Å². The summed E-state index contributed by atoms with van der Waals surface area (Å²) in [6.07, 6.45) is 5.33. The number of fused-ring (bicyclic) bond motifs is 1. The monoisotopic (exact) mass is 258 g/mol. The smallest absolute Gasteiger partial charge is 0.218 e. The molecule has 1 saturated heterocycles. The molecular formula is C16H18O3. The highest BCUT2D eigenvalue weighted by molar-refractivity contribution is 5.85. The number of ketones is 1. The van der Waals surface area contributed by atoms with Gasteiger partial charge < -0.3 is 9.47 Å². The van der Waals surface area contributed by atoms with Gasteiger partial charge in [-0.3, -0.25) is 4.79 Å². The molecule has 0 amide bonds. The molecule has 0 unspecified atom stereocenters. The molecule has 0 spiro atoms. The van der Waals surface area contributed by atoms with Crippen LogP contribution in [0.5, 0.6) is 0 Å². The molecule has 1 heterocycles. The third kappa shape index (κ3) is 2.77. The second-order valence-corrected chi connectivity index (χ2v) is 5.17. The first-order valence-electron chi connectivity index (χ1n) is 6.80. The maximum absolute atomic E-state index is 12.3. The van der Waals surface area contributed by atoms with E-state index in [0.717, 1.165) is 18.4 Å². The van der Waals surface area contributed by atoms with Crippen molar-refractivity contribution in [3.8, 4) is 0 Å². The molecule has 0 bridgehead atoms. The van der Waals surface area contributed by atoms with Crippen molar-refractivity contribution in [3.63, 3.8) is 0 Å². The fraction of sp³-hybridized carbons (Fsp3) is 0.438. The first kappa shape index (κ1) is 12.6. The first-order valence-corrected chi connectivity index (χ1v) is 6.80. The Balaban J connectivity index is 1.60. The van der Waals surface area contributed by atoms with Crippen molar-refractivity contribution in [3.05, 3.63) is 48.0 Å². The Bertz CT molecular complexity index is 466. The van der Waals surface area contributed by atoms with E-state index in [2.05, 4.69) is 12.2 Å². The highest BCUT2D eigenvalue weighted by Gasteiger charge is 2.39. The fourth-order valence-electron chi connectivity index (χ4n) is 2.75. The van der Waals surface area contributed by atoms with Crippen molar-refractivity contribution in [2.75, 3.05) is 6.61 Å². The summed E-state index contributed by atoms with van der Waals surface area (Å²) in [4.78, 5) is 12.3. The third-order valence-electron chi connectivity index (χ3n) is 3.87. The minimum absolute atomic E-state index is 0.0829. The fourth-order valence-corrected chi connectivity index (χ4v) is 2.75. The lowest BCUT2D eigenvalue weighted by Crippen LogP contribution is -2.44. The molecular weight excluding hydrogens is 240 g/mol. The quantitative estimate of drug-likeness (QED) is 0.782. The number of carbonyl (C=O) groups is 1. The maximum Gasteiger partial charge on any atom is 0.218 e. The predicted molar refractivity (Wildman–Crippen MR) is 71.3 cm³/mol. The van der Waals surface area contributed by atoms with Gasteiger partial charge in [0.2, 0.25) is 6.29 Å². The van der Waals surface area contributed by atoms with Crippen LogP contribution < -0.4 is 0 Å². The average molecular weight is 258 g/mol. The number of allylic oxidation sites excluding steroid dienone is 2. The van der Waals surface area contributed by atoms with Crippen LogP contribution in [-0.4, -0.2) is 18.7 Å². The molecule has 1 fully saturated rings. The molecule has 1 aliphatic carbocycles. The topological polar surface area (TPSA) is 35.5 Å². The molecule has 3 rings (SSSR count). The largest absolute Gasteiger partial charge is 0.346 e. The van der Waals surface area contributed by atoms with Crippen molar-refractivity contribution in [2.45, 2.75) is 25.7 Å². The van der Waals surface area contributed by atoms with E-state index in [1.807, 2.05) is 30.3 Å². The summed E-state index contributed by atoms with van der Waals surface area (Å²) in [6.45, 7) is 1.05. The van der Waals surface area contributed by atoms with Gasteiger partial charge >= 0.3 is 0 Å². The molecule has 0 aromatic heterocycles. The van der Waals surface area contributed by atoms with Crippen LogP contribution in [0.2, 0.25) is 0 Å². The summed E-state index contributed by atoms with van der Waals surface area (Å²) in [5.41, 5.74) is 1.06. The molecule has 3 atom stereocenters. The van der Waals surface area contributed by atoms with E-state index >= 15 is 0 Å². The molecule has 19 heavy (non-hydrogen) atoms. The summed E-state index contributed by atoms with van der Waals surface area (Å²) in [6, 6.07) is 9.86. The van der Waals surface area contributed by atoms with Crippen LogP contribution in [0.3, 0.4) is 0 Å². The van der Waals surface area contributed by atoms with Gasteiger partial charge in [0.05, 0.1) is 13.2 Å². The SMILES string of the molecule is O=C1[C@H](OCc2ccccc2)OC[C@@H]2CC=CC[C@H]12. The molecule has 2 aliphatic rings. The second-order valence-electron chi connectivity index (χ2n) is 5.17. The Morgan fingerprint density at radius 1 is 1.16 bits per heavy atom. The third-order valence-corrected chi connectivity index (χ3v) is 3.87. The molecule has 0 radical (unpaired) electrons. The van der Waals surface area contributed by atoms with Gasteiger partial charge in [-0.05, 0) is 24.3 Å². The van der Waals surface area contributed by atoms with E-state index in [1.165, 1.54) is 0 Å². The van der Waals surface area contributed by atoms with Gasteiger partial charge in [0, 0.05) is 5.92 Å². The van der Waals surface area contributed by atoms with Crippen molar-refractivity contribution in [1.29, 1.82) is 0 Å². The van der Waals surface area contributed by atoms with E-state index < -0.39 is 6.29 Å². The molecule has 1 aromatic carbocycles. The summed E-state index contributed by atoms with van der Waals surface area (Å²) in [5, 5.41) is 0. The number of carbonyl (C=O) groups excluding carboxylic acids is 1. The summed E-state index contributed by atoms with van der Waals surface area (Å²) in [7, 11) is 0. The van der Waals surface area contributed by atoms with Crippen LogP contribution in [0.25, 0.3) is 0 Å². The van der Waals surface area contributed by atoms with Crippen LogP contribution in [0.15, 0.2) is 42.5 Å². The van der Waals surface area contributed by atoms with E-state index in [9.17, 15) is 4.79 Å². The maximum atomic E-state index is 12.3. The van der Waals surface area contributed by atoms with Gasteiger partial charge in [-0.2, -0.15) is 0 Å². The number of ether oxygens (including phenoxy) is 2. The van der Waals surface area contributed by atoms with Gasteiger partial charge in [-0.15, -0.1) is 0 Å². The first-order chi connectivity index (χ1) is 9.34. The number of hydrogen-bond acceptors (Lipinski definition) is 3. The van der Waals surface area contributed by atoms with Gasteiger partial charge in [-0.1, -0.05) is 42.5 Å². The van der Waals surface area contributed by atoms with Crippen LogP contribution in [0.1, 0.15) is 18.4 Å². The molecule has 1 aromatic rings. The van der Waals surface area contributed by atoms with Crippen LogP contribution >= 0.6 is 0 Å². The van der Waals surface area contributed by atoms with Crippen molar-refractivity contribution in [1.82, 2.24) is 0 Å². The Kier molecular flexibility index (Phi) is 3.76. The highest BCUT2D eigenvalue weighted by Crippen LogP contribution is 2.32. The zero-order valence-electron chi connectivity index (χ0n) is 10.8. The molecule has 0 N–H and O–H groups in total. The number of rotatable bonds is 3. The molecule has 3 heteroatoms. The number of Topliss-reactive ketones (excluding diaryl/α,β-unsaturated/α-hetero) is 1. The molecule has 0 saturated carbocycles. The lowest BCUT2D eigenvalue weighted by molar-refractivity contribution is -0.198. The Morgan fingerprint density at radius 2 is 1.95 bits per heavy atom. The lowest BCUT2D eigenvalue weighted by atomic mass is 9.79. The normalized spacial score (nSPS) is 30.1. The van der Waals surface area contributed by atoms with Crippen LogP contribution in [0.4, 0.5) is 0 Å². The van der Waals surface area contributed by atoms with Crippen molar-refractivity contribution >= 4 is 5.78 Å². The Morgan fingerprint density at radius 3 is 2.79 bits per heavy atom. The van der Waals surface area contributed by atoms with E-state index in [4.69, 9.17) is 9.47 Å². The molecule has 1 aliphatic heterocycles. The zero-order valence-corrected chi connectivity index (χ0v) is 10.8. The standard InChI is InChI=1S/C16H18O3/c17-15-14-9-5-4-8-13(14)11-19-16(15)18-10-12-6-2-1-3-7-12/h1-7,13-14,16H,8-11H2/t13-,14-,16+/m0/s1. The predicted octanol–water partition coefficient (Wildman–Crippen LogP) is 2.71. The van der Waals surface area contributed by atoms with Crippen molar-refractivity contribution in [2.24, 2.45) is 11.8 Å². The zero-order chi connectivity index (χ0) is 13.1. The van der Waals surface area contributed by atoms with Crippen LogP contribution in [-0.2, 0) is 20.9 Å². The highest BCUT2D eigenvalue weighted by atomic mass is 16.7. The summed E-state index contributed by atoms with van der Waals surface area (Å²) >= 11 is 0. The van der Waals surface area contributed by atoms with E-state index in [-0.39, 0.29) is 11.7 Å². The second kappa shape index (κ2) is 5.68. The number of hydrogen-bond donors (Lipinski definition) is 0. The average Bonchev–Trinajstić information content (AvgIpc) is 2.48. The lowest BCUT2D eigenvalue weighted by Gasteiger charge is -2.35. The Hall–Kier alpha value is -1.45. The van der Waals surface area contributed by atoms with Gasteiger partial charge in [0.25, 0.3) is 0 Å². The van der Waals surface area contributed by atoms with E-state index in [1.54, 1.807) is 0 Å². The molecule has 100 valence electrons. The van der Waals surface area contributed by atoms with Gasteiger partial charge in [-0.25, -0.2) is 0 Å².